The quantitative estimate of drug-likeness (QED) is 0.764. The van der Waals surface area contributed by atoms with Gasteiger partial charge in [0.25, 0.3) is 11.8 Å². The topological polar surface area (TPSA) is 96.7 Å². The molecule has 0 bridgehead atoms. The molecule has 2 N–H and O–H groups in total. The van der Waals surface area contributed by atoms with Gasteiger partial charge in [-0.05, 0) is 12.1 Å². The summed E-state index contributed by atoms with van der Waals surface area (Å²) < 4.78 is 32.0. The molecule has 2 aromatic heterocycles. The molecule has 1 amide bonds. The Morgan fingerprint density at radius 3 is 2.77 bits per heavy atom. The molecular weight excluding hydrogens is 296 g/mol. The number of hydrogen-bond acceptors (Lipinski definition) is 5. The highest BCUT2D eigenvalue weighted by atomic mass is 19.1. The zero-order valence-corrected chi connectivity index (χ0v) is 11.0. The van der Waals surface area contributed by atoms with Crippen LogP contribution in [0.3, 0.4) is 0 Å². The average molecular weight is 305 g/mol. The van der Waals surface area contributed by atoms with Crippen LogP contribution in [-0.4, -0.2) is 26.0 Å². The number of carbonyl (C=O) groups excluding carboxylic acids is 1. The molecule has 3 aromatic rings. The van der Waals surface area contributed by atoms with Gasteiger partial charge in [-0.15, -0.1) is 0 Å². The summed E-state index contributed by atoms with van der Waals surface area (Å²) in [6.45, 7) is -0.0581. The van der Waals surface area contributed by atoms with E-state index in [9.17, 15) is 13.6 Å². The standard InChI is InChI=1S/C13H9F2N5O2/c14-7-2-1-3-8(15)11(7)13-19-10(20-22-13)5-17-12(21)9-4-16-6-18-9/h1-4,6H,5H2,(H,16,18)(H,17,21). The van der Waals surface area contributed by atoms with Gasteiger partial charge >= 0.3 is 0 Å². The molecule has 9 heteroatoms. The van der Waals surface area contributed by atoms with E-state index in [1.807, 2.05) is 0 Å². The molecular formula is C13H9F2N5O2. The first-order chi connectivity index (χ1) is 10.6. The smallest absolute Gasteiger partial charge is 0.269 e. The molecule has 1 aromatic carbocycles. The summed E-state index contributed by atoms with van der Waals surface area (Å²) in [6.07, 6.45) is 2.72. The van der Waals surface area contributed by atoms with Crippen LogP contribution in [0, 0.1) is 11.6 Å². The fourth-order valence-corrected chi connectivity index (χ4v) is 1.76. The molecule has 0 atom stereocenters. The van der Waals surface area contributed by atoms with Crippen molar-refractivity contribution in [3.8, 4) is 11.5 Å². The molecule has 2 heterocycles. The highest BCUT2D eigenvalue weighted by Gasteiger charge is 2.18. The number of halogens is 2. The first-order valence-electron chi connectivity index (χ1n) is 6.18. The Morgan fingerprint density at radius 2 is 2.09 bits per heavy atom. The highest BCUT2D eigenvalue weighted by molar-refractivity contribution is 5.91. The predicted octanol–water partition coefficient (Wildman–Crippen LogP) is 1.67. The number of aromatic nitrogens is 4. The molecule has 0 saturated heterocycles. The summed E-state index contributed by atoms with van der Waals surface area (Å²) in [4.78, 5) is 21.9. The molecule has 112 valence electrons. The normalized spacial score (nSPS) is 10.6. The molecule has 0 spiro atoms. The number of nitrogens with one attached hydrogen (secondary N) is 2. The number of carbonyl (C=O) groups is 1. The van der Waals surface area contributed by atoms with Gasteiger partial charge in [0.05, 0.1) is 19.1 Å². The minimum atomic E-state index is -0.809. The van der Waals surface area contributed by atoms with E-state index >= 15 is 0 Å². The molecule has 0 radical (unpaired) electrons. The minimum Gasteiger partial charge on any atom is -0.343 e. The lowest BCUT2D eigenvalue weighted by Crippen LogP contribution is -2.23. The summed E-state index contributed by atoms with van der Waals surface area (Å²) in [6, 6.07) is 3.40. The number of aromatic amines is 1. The van der Waals surface area contributed by atoms with Crippen molar-refractivity contribution < 1.29 is 18.1 Å². The fourth-order valence-electron chi connectivity index (χ4n) is 1.76. The van der Waals surface area contributed by atoms with Gasteiger partial charge in [-0.2, -0.15) is 4.98 Å². The van der Waals surface area contributed by atoms with Crippen LogP contribution in [0.1, 0.15) is 16.3 Å². The van der Waals surface area contributed by atoms with Gasteiger partial charge in [-0.3, -0.25) is 4.79 Å². The van der Waals surface area contributed by atoms with Crippen molar-refractivity contribution in [1.29, 1.82) is 0 Å². The van der Waals surface area contributed by atoms with Crippen molar-refractivity contribution in [3.63, 3.8) is 0 Å². The minimum absolute atomic E-state index is 0.0581. The third-order valence-electron chi connectivity index (χ3n) is 2.79. The first-order valence-corrected chi connectivity index (χ1v) is 6.18. The summed E-state index contributed by atoms with van der Waals surface area (Å²) in [5.74, 6) is -2.23. The summed E-state index contributed by atoms with van der Waals surface area (Å²) >= 11 is 0. The van der Waals surface area contributed by atoms with Crippen LogP contribution in [0.5, 0.6) is 0 Å². The molecule has 0 aliphatic carbocycles. The highest BCUT2D eigenvalue weighted by Crippen LogP contribution is 2.24. The Morgan fingerprint density at radius 1 is 1.32 bits per heavy atom. The van der Waals surface area contributed by atoms with Gasteiger partial charge in [-0.25, -0.2) is 13.8 Å². The molecule has 7 nitrogen and oxygen atoms in total. The van der Waals surface area contributed by atoms with Crippen molar-refractivity contribution in [1.82, 2.24) is 25.4 Å². The van der Waals surface area contributed by atoms with Crippen LogP contribution in [0.15, 0.2) is 35.2 Å². The molecule has 0 unspecified atom stereocenters. The summed E-state index contributed by atoms with van der Waals surface area (Å²) in [5, 5.41) is 6.08. The Hall–Kier alpha value is -3.10. The largest absolute Gasteiger partial charge is 0.343 e. The number of amides is 1. The Balaban J connectivity index is 1.73. The number of hydrogen-bond donors (Lipinski definition) is 2. The second kappa shape index (κ2) is 5.72. The van der Waals surface area contributed by atoms with E-state index < -0.39 is 23.1 Å². The predicted molar refractivity (Wildman–Crippen MR) is 69.4 cm³/mol. The fraction of sp³-hybridized carbons (Fsp3) is 0.0769. The average Bonchev–Trinajstić information content (AvgIpc) is 3.16. The molecule has 3 rings (SSSR count). The Bertz CT molecular complexity index is 780. The van der Waals surface area contributed by atoms with Gasteiger partial charge in [0.15, 0.2) is 5.82 Å². The van der Waals surface area contributed by atoms with Gasteiger partial charge in [0, 0.05) is 0 Å². The van der Waals surface area contributed by atoms with E-state index in [0.29, 0.717) is 0 Å². The van der Waals surface area contributed by atoms with E-state index in [-0.39, 0.29) is 24.0 Å². The zero-order chi connectivity index (χ0) is 15.5. The van der Waals surface area contributed by atoms with Crippen LogP contribution in [0.4, 0.5) is 8.78 Å². The lowest BCUT2D eigenvalue weighted by molar-refractivity contribution is 0.0945. The third-order valence-corrected chi connectivity index (χ3v) is 2.79. The van der Waals surface area contributed by atoms with E-state index in [1.165, 1.54) is 18.6 Å². The van der Waals surface area contributed by atoms with Crippen molar-refractivity contribution in [2.45, 2.75) is 6.54 Å². The molecule has 0 fully saturated rings. The second-order valence-electron chi connectivity index (χ2n) is 4.26. The lowest BCUT2D eigenvalue weighted by Gasteiger charge is -1.99. The van der Waals surface area contributed by atoms with Crippen molar-refractivity contribution in [2.75, 3.05) is 0 Å². The van der Waals surface area contributed by atoms with Crippen LogP contribution in [0.25, 0.3) is 11.5 Å². The number of rotatable bonds is 4. The van der Waals surface area contributed by atoms with Crippen LogP contribution < -0.4 is 5.32 Å². The SMILES string of the molecule is O=C(NCc1noc(-c2c(F)cccc2F)n1)c1cnc[nH]1. The van der Waals surface area contributed by atoms with Gasteiger partial charge in [0.1, 0.15) is 22.9 Å². The van der Waals surface area contributed by atoms with Crippen molar-refractivity contribution in [2.24, 2.45) is 0 Å². The molecule has 0 aliphatic rings. The van der Waals surface area contributed by atoms with Crippen molar-refractivity contribution >= 4 is 5.91 Å². The third kappa shape index (κ3) is 2.68. The Labute approximate surface area is 122 Å². The summed E-state index contributed by atoms with van der Waals surface area (Å²) in [5.41, 5.74) is -0.134. The number of imidazole rings is 1. The van der Waals surface area contributed by atoms with Gasteiger partial charge < -0.3 is 14.8 Å². The van der Waals surface area contributed by atoms with Gasteiger partial charge in [0.2, 0.25) is 0 Å². The molecule has 22 heavy (non-hydrogen) atoms. The molecule has 0 aliphatic heterocycles. The molecule has 0 saturated carbocycles. The van der Waals surface area contributed by atoms with Crippen molar-refractivity contribution in [3.05, 3.63) is 53.9 Å². The zero-order valence-electron chi connectivity index (χ0n) is 11.0. The number of benzene rings is 1. The lowest BCUT2D eigenvalue weighted by atomic mass is 10.2. The maximum atomic E-state index is 13.6. The maximum absolute atomic E-state index is 13.6. The van der Waals surface area contributed by atoms with Gasteiger partial charge in [-0.1, -0.05) is 11.2 Å². The van der Waals surface area contributed by atoms with Crippen LogP contribution in [0.2, 0.25) is 0 Å². The number of H-pyrrole nitrogens is 1. The van der Waals surface area contributed by atoms with Crippen LogP contribution in [-0.2, 0) is 6.54 Å². The van der Waals surface area contributed by atoms with E-state index in [4.69, 9.17) is 4.52 Å². The monoisotopic (exact) mass is 305 g/mol. The van der Waals surface area contributed by atoms with E-state index in [2.05, 4.69) is 25.4 Å². The first kappa shape index (κ1) is 13.9. The second-order valence-corrected chi connectivity index (χ2v) is 4.26. The number of nitrogens with zero attached hydrogens (tertiary/aromatic N) is 3. The maximum Gasteiger partial charge on any atom is 0.269 e. The van der Waals surface area contributed by atoms with E-state index in [1.54, 1.807) is 0 Å². The van der Waals surface area contributed by atoms with E-state index in [0.717, 1.165) is 12.1 Å². The summed E-state index contributed by atoms with van der Waals surface area (Å²) in [7, 11) is 0. The Kier molecular flexibility index (Phi) is 3.60. The van der Waals surface area contributed by atoms with Crippen LogP contribution >= 0.6 is 0 Å².